The van der Waals surface area contributed by atoms with Gasteiger partial charge < -0.3 is 10.8 Å². The van der Waals surface area contributed by atoms with E-state index < -0.39 is 10.0 Å². The molecule has 1 atom stereocenters. The van der Waals surface area contributed by atoms with Crippen LogP contribution in [0.3, 0.4) is 0 Å². The summed E-state index contributed by atoms with van der Waals surface area (Å²) in [6, 6.07) is 7.34. The average Bonchev–Trinajstić information content (AvgIpc) is 2.88. The number of nitrogens with zero attached hydrogens (tertiary/aromatic N) is 1. The molecule has 1 aromatic carbocycles. The van der Waals surface area contributed by atoms with Crippen LogP contribution in [-0.4, -0.2) is 37.5 Å². The molecule has 0 spiro atoms. The van der Waals surface area contributed by atoms with Gasteiger partial charge in [0.2, 0.25) is 10.0 Å². The van der Waals surface area contributed by atoms with E-state index in [0.717, 1.165) is 17.5 Å². The number of aliphatic hydroxyl groups is 1. The maximum absolute atomic E-state index is 12.3. The van der Waals surface area contributed by atoms with Crippen LogP contribution in [0.4, 0.5) is 0 Å². The van der Waals surface area contributed by atoms with Gasteiger partial charge in [-0.1, -0.05) is 24.3 Å². The zero-order chi connectivity index (χ0) is 13.9. The summed E-state index contributed by atoms with van der Waals surface area (Å²) in [4.78, 5) is 0. The third-order valence-electron chi connectivity index (χ3n) is 3.48. The number of sulfonamides is 1. The van der Waals surface area contributed by atoms with E-state index in [1.165, 1.54) is 4.31 Å². The number of hydrogen-bond acceptors (Lipinski definition) is 4. The SMILES string of the molecule is NCc1cccc(CS(=O)(=O)N2CCC(CO)C2)c1. The highest BCUT2D eigenvalue weighted by Crippen LogP contribution is 2.21. The fourth-order valence-corrected chi connectivity index (χ4v) is 3.95. The second-order valence-corrected chi connectivity index (χ2v) is 6.94. The molecule has 0 aliphatic carbocycles. The Balaban J connectivity index is 2.08. The standard InChI is InChI=1S/C13H20N2O3S/c14-7-11-2-1-3-12(6-11)10-19(17,18)15-5-4-13(8-15)9-16/h1-3,6,13,16H,4-5,7-10,14H2. The van der Waals surface area contributed by atoms with Gasteiger partial charge in [-0.05, 0) is 23.5 Å². The maximum atomic E-state index is 12.3. The van der Waals surface area contributed by atoms with Gasteiger partial charge in [-0.25, -0.2) is 12.7 Å². The van der Waals surface area contributed by atoms with Crippen LogP contribution in [0.25, 0.3) is 0 Å². The number of hydrogen-bond donors (Lipinski definition) is 2. The summed E-state index contributed by atoms with van der Waals surface area (Å²) in [5.41, 5.74) is 7.25. The lowest BCUT2D eigenvalue weighted by atomic mass is 10.1. The number of aliphatic hydroxyl groups excluding tert-OH is 1. The minimum Gasteiger partial charge on any atom is -0.396 e. The van der Waals surface area contributed by atoms with Crippen molar-refractivity contribution >= 4 is 10.0 Å². The summed E-state index contributed by atoms with van der Waals surface area (Å²) in [6.07, 6.45) is 0.735. The predicted octanol–water partition coefficient (Wildman–Crippen LogP) is 0.289. The number of rotatable bonds is 5. The zero-order valence-electron chi connectivity index (χ0n) is 10.8. The summed E-state index contributed by atoms with van der Waals surface area (Å²) in [5.74, 6) is 0.0732. The molecule has 5 nitrogen and oxygen atoms in total. The summed E-state index contributed by atoms with van der Waals surface area (Å²) < 4.78 is 26.0. The second kappa shape index (κ2) is 6.00. The van der Waals surface area contributed by atoms with Gasteiger partial charge in [0.05, 0.1) is 5.75 Å². The molecule has 6 heteroatoms. The molecule has 106 valence electrons. The molecule has 0 aromatic heterocycles. The lowest BCUT2D eigenvalue weighted by Crippen LogP contribution is -2.30. The van der Waals surface area contributed by atoms with E-state index in [1.807, 2.05) is 18.2 Å². The Labute approximate surface area is 114 Å². The van der Waals surface area contributed by atoms with Crippen molar-refractivity contribution in [2.24, 2.45) is 11.7 Å². The molecule has 0 saturated carbocycles. The Morgan fingerprint density at radius 3 is 2.74 bits per heavy atom. The van der Waals surface area contributed by atoms with Gasteiger partial charge >= 0.3 is 0 Å². The lowest BCUT2D eigenvalue weighted by molar-refractivity contribution is 0.233. The summed E-state index contributed by atoms with van der Waals surface area (Å²) in [7, 11) is -3.30. The van der Waals surface area contributed by atoms with Crippen LogP contribution in [0, 0.1) is 5.92 Å². The summed E-state index contributed by atoms with van der Waals surface area (Å²) in [6.45, 7) is 1.39. The molecule has 1 aliphatic rings. The first-order chi connectivity index (χ1) is 9.05. The molecule has 1 unspecified atom stereocenters. The smallest absolute Gasteiger partial charge is 0.218 e. The molecule has 2 rings (SSSR count). The van der Waals surface area contributed by atoms with Crippen LogP contribution in [0.2, 0.25) is 0 Å². The molecule has 1 aromatic rings. The van der Waals surface area contributed by atoms with E-state index in [1.54, 1.807) is 6.07 Å². The van der Waals surface area contributed by atoms with Gasteiger partial charge in [-0.2, -0.15) is 0 Å². The van der Waals surface area contributed by atoms with Gasteiger partial charge in [-0.15, -0.1) is 0 Å². The first-order valence-corrected chi connectivity index (χ1v) is 8.02. The van der Waals surface area contributed by atoms with E-state index in [4.69, 9.17) is 10.8 Å². The van der Waals surface area contributed by atoms with E-state index in [-0.39, 0.29) is 18.3 Å². The minimum atomic E-state index is -3.30. The van der Waals surface area contributed by atoms with Crippen molar-refractivity contribution < 1.29 is 13.5 Å². The van der Waals surface area contributed by atoms with Crippen LogP contribution in [0.1, 0.15) is 17.5 Å². The van der Waals surface area contributed by atoms with E-state index >= 15 is 0 Å². The first kappa shape index (κ1) is 14.5. The molecule has 1 fully saturated rings. The van der Waals surface area contributed by atoms with Crippen LogP contribution in [-0.2, 0) is 22.3 Å². The Hall–Kier alpha value is -0.950. The Morgan fingerprint density at radius 2 is 2.11 bits per heavy atom. The predicted molar refractivity (Wildman–Crippen MR) is 73.7 cm³/mol. The number of nitrogens with two attached hydrogens (primary N) is 1. The molecule has 1 heterocycles. The van der Waals surface area contributed by atoms with E-state index in [2.05, 4.69) is 0 Å². The van der Waals surface area contributed by atoms with Crippen LogP contribution >= 0.6 is 0 Å². The summed E-state index contributed by atoms with van der Waals surface area (Å²) in [5, 5.41) is 9.07. The second-order valence-electron chi connectivity index (χ2n) is 4.98. The van der Waals surface area contributed by atoms with Gasteiger partial charge in [0.1, 0.15) is 0 Å². The molecular formula is C13H20N2O3S. The Kier molecular flexibility index (Phi) is 4.57. The third-order valence-corrected chi connectivity index (χ3v) is 5.29. The summed E-state index contributed by atoms with van der Waals surface area (Å²) >= 11 is 0. The highest BCUT2D eigenvalue weighted by atomic mass is 32.2. The zero-order valence-corrected chi connectivity index (χ0v) is 11.6. The largest absolute Gasteiger partial charge is 0.396 e. The molecule has 0 radical (unpaired) electrons. The van der Waals surface area contributed by atoms with Crippen molar-refractivity contribution in [3.8, 4) is 0 Å². The quantitative estimate of drug-likeness (QED) is 0.814. The third kappa shape index (κ3) is 3.54. The van der Waals surface area contributed by atoms with Crippen molar-refractivity contribution in [3.63, 3.8) is 0 Å². The molecule has 0 bridgehead atoms. The van der Waals surface area contributed by atoms with Crippen molar-refractivity contribution in [2.45, 2.75) is 18.7 Å². The van der Waals surface area contributed by atoms with Crippen molar-refractivity contribution in [2.75, 3.05) is 19.7 Å². The van der Waals surface area contributed by atoms with Crippen LogP contribution < -0.4 is 5.73 Å². The van der Waals surface area contributed by atoms with Crippen LogP contribution in [0.5, 0.6) is 0 Å². The van der Waals surface area contributed by atoms with Crippen LogP contribution in [0.15, 0.2) is 24.3 Å². The average molecular weight is 284 g/mol. The maximum Gasteiger partial charge on any atom is 0.218 e. The molecule has 3 N–H and O–H groups in total. The number of benzene rings is 1. The molecular weight excluding hydrogens is 264 g/mol. The van der Waals surface area contributed by atoms with Crippen molar-refractivity contribution in [1.29, 1.82) is 0 Å². The molecule has 19 heavy (non-hydrogen) atoms. The molecule has 0 amide bonds. The Bertz CT molecular complexity index is 530. The highest BCUT2D eigenvalue weighted by Gasteiger charge is 2.30. The van der Waals surface area contributed by atoms with Gasteiger partial charge in [0.15, 0.2) is 0 Å². The first-order valence-electron chi connectivity index (χ1n) is 6.41. The monoisotopic (exact) mass is 284 g/mol. The van der Waals surface area contributed by atoms with Gasteiger partial charge in [0, 0.05) is 26.2 Å². The minimum absolute atomic E-state index is 0.00100. The fraction of sp³-hybridized carbons (Fsp3) is 0.538. The topological polar surface area (TPSA) is 83.6 Å². The molecule has 1 aliphatic heterocycles. The lowest BCUT2D eigenvalue weighted by Gasteiger charge is -2.16. The van der Waals surface area contributed by atoms with E-state index in [9.17, 15) is 8.42 Å². The molecule has 1 saturated heterocycles. The van der Waals surface area contributed by atoms with Gasteiger partial charge in [-0.3, -0.25) is 0 Å². The van der Waals surface area contributed by atoms with Crippen molar-refractivity contribution in [1.82, 2.24) is 4.31 Å². The Morgan fingerprint density at radius 1 is 1.37 bits per heavy atom. The van der Waals surface area contributed by atoms with E-state index in [0.29, 0.717) is 19.6 Å². The highest BCUT2D eigenvalue weighted by molar-refractivity contribution is 7.88. The normalized spacial score (nSPS) is 20.8. The van der Waals surface area contributed by atoms with Gasteiger partial charge in [0.25, 0.3) is 0 Å². The van der Waals surface area contributed by atoms with Crippen molar-refractivity contribution in [3.05, 3.63) is 35.4 Å². The fourth-order valence-electron chi connectivity index (χ4n) is 2.35.